The van der Waals surface area contributed by atoms with Crippen molar-refractivity contribution in [3.05, 3.63) is 82.9 Å². The van der Waals surface area contributed by atoms with Crippen molar-refractivity contribution in [2.75, 3.05) is 0 Å². The first-order valence-electron chi connectivity index (χ1n) is 6.76. The minimum Gasteiger partial charge on any atom is -0.289 e. The molecule has 98 valence electrons. The Morgan fingerprint density at radius 1 is 0.750 bits per heavy atom. The molecule has 20 heavy (non-hydrogen) atoms. The first-order valence-corrected chi connectivity index (χ1v) is 6.76. The monoisotopic (exact) mass is 260 g/mol. The average molecular weight is 260 g/mol. The molecule has 0 spiro atoms. The molecule has 0 aliphatic heterocycles. The summed E-state index contributed by atoms with van der Waals surface area (Å²) in [6, 6.07) is 19.8. The summed E-state index contributed by atoms with van der Waals surface area (Å²) in [4.78, 5) is 12.7. The fourth-order valence-electron chi connectivity index (χ4n) is 2.51. The van der Waals surface area contributed by atoms with Crippen molar-refractivity contribution in [1.29, 1.82) is 0 Å². The first kappa shape index (κ1) is 12.6. The largest absolute Gasteiger partial charge is 0.289 e. The number of ketones is 1. The lowest BCUT2D eigenvalue weighted by Crippen LogP contribution is -2.02. The fraction of sp³-hybridized carbons (Fsp3) is 0.105. The van der Waals surface area contributed by atoms with Gasteiger partial charge in [0.25, 0.3) is 0 Å². The van der Waals surface area contributed by atoms with E-state index in [1.807, 2.05) is 61.5 Å². The molecule has 0 aliphatic carbocycles. The van der Waals surface area contributed by atoms with Crippen molar-refractivity contribution in [3.8, 4) is 0 Å². The third-order valence-corrected chi connectivity index (χ3v) is 3.70. The van der Waals surface area contributed by atoms with Crippen molar-refractivity contribution in [3.63, 3.8) is 0 Å². The Morgan fingerprint density at radius 3 is 2.10 bits per heavy atom. The third kappa shape index (κ3) is 2.12. The van der Waals surface area contributed by atoms with E-state index < -0.39 is 0 Å². The van der Waals surface area contributed by atoms with Crippen molar-refractivity contribution in [1.82, 2.24) is 0 Å². The van der Waals surface area contributed by atoms with Crippen LogP contribution < -0.4 is 0 Å². The molecule has 0 fully saturated rings. The summed E-state index contributed by atoms with van der Waals surface area (Å²) in [6.07, 6.45) is 0. The molecule has 0 atom stereocenters. The third-order valence-electron chi connectivity index (χ3n) is 3.70. The van der Waals surface area contributed by atoms with Gasteiger partial charge in [-0.1, -0.05) is 66.2 Å². The SMILES string of the molecule is Cc1ccc(C(=O)c2ccc(C)c3ccccc23)cc1. The van der Waals surface area contributed by atoms with Crippen LogP contribution in [0.3, 0.4) is 0 Å². The number of carbonyl (C=O) groups excluding carboxylic acids is 1. The smallest absolute Gasteiger partial charge is 0.193 e. The number of benzene rings is 3. The van der Waals surface area contributed by atoms with Crippen molar-refractivity contribution >= 4 is 16.6 Å². The Balaban J connectivity index is 2.17. The maximum Gasteiger partial charge on any atom is 0.193 e. The number of hydrogen-bond acceptors (Lipinski definition) is 1. The normalized spacial score (nSPS) is 10.7. The van der Waals surface area contributed by atoms with Gasteiger partial charge in [-0.3, -0.25) is 4.79 Å². The summed E-state index contributed by atoms with van der Waals surface area (Å²) >= 11 is 0. The van der Waals surface area contributed by atoms with Gasteiger partial charge in [0.1, 0.15) is 0 Å². The van der Waals surface area contributed by atoms with Crippen LogP contribution in [0.2, 0.25) is 0 Å². The van der Waals surface area contributed by atoms with Gasteiger partial charge in [-0.2, -0.15) is 0 Å². The molecule has 0 aromatic heterocycles. The Bertz CT molecular complexity index is 782. The van der Waals surface area contributed by atoms with Crippen LogP contribution in [0.1, 0.15) is 27.0 Å². The highest BCUT2D eigenvalue weighted by atomic mass is 16.1. The molecule has 1 nitrogen and oxygen atoms in total. The number of rotatable bonds is 2. The highest BCUT2D eigenvalue weighted by molar-refractivity contribution is 6.16. The number of carbonyl (C=O) groups is 1. The number of aryl methyl sites for hydroxylation is 2. The van der Waals surface area contributed by atoms with E-state index in [0.717, 1.165) is 27.5 Å². The van der Waals surface area contributed by atoms with Gasteiger partial charge < -0.3 is 0 Å². The topological polar surface area (TPSA) is 17.1 Å². The van der Waals surface area contributed by atoms with Gasteiger partial charge in [-0.05, 0) is 30.2 Å². The number of fused-ring (bicyclic) bond motifs is 1. The lowest BCUT2D eigenvalue weighted by atomic mass is 9.94. The van der Waals surface area contributed by atoms with Gasteiger partial charge in [-0.25, -0.2) is 0 Å². The predicted molar refractivity (Wildman–Crippen MR) is 83.3 cm³/mol. The van der Waals surface area contributed by atoms with E-state index in [2.05, 4.69) is 13.0 Å². The minimum absolute atomic E-state index is 0.0844. The zero-order valence-electron chi connectivity index (χ0n) is 11.7. The van der Waals surface area contributed by atoms with Crippen molar-refractivity contribution in [2.24, 2.45) is 0 Å². The quantitative estimate of drug-likeness (QED) is 0.611. The molecular formula is C19H16O. The van der Waals surface area contributed by atoms with Gasteiger partial charge in [0.05, 0.1) is 0 Å². The standard InChI is InChI=1S/C19H16O/c1-13-7-10-15(11-8-13)19(20)18-12-9-14(2)16-5-3-4-6-17(16)18/h3-12H,1-2H3. The van der Waals surface area contributed by atoms with Gasteiger partial charge in [-0.15, -0.1) is 0 Å². The van der Waals surface area contributed by atoms with Crippen LogP contribution >= 0.6 is 0 Å². The van der Waals surface area contributed by atoms with E-state index in [4.69, 9.17) is 0 Å². The van der Waals surface area contributed by atoms with Crippen LogP contribution in [-0.4, -0.2) is 5.78 Å². The second-order valence-electron chi connectivity index (χ2n) is 5.17. The summed E-state index contributed by atoms with van der Waals surface area (Å²) in [7, 11) is 0. The summed E-state index contributed by atoms with van der Waals surface area (Å²) in [6.45, 7) is 4.10. The molecule has 3 rings (SSSR count). The average Bonchev–Trinajstić information content (AvgIpc) is 2.48. The Kier molecular flexibility index (Phi) is 3.11. The summed E-state index contributed by atoms with van der Waals surface area (Å²) in [5.74, 6) is 0.0844. The molecule has 1 heteroatoms. The van der Waals surface area contributed by atoms with Crippen molar-refractivity contribution in [2.45, 2.75) is 13.8 Å². The second kappa shape index (κ2) is 4.93. The van der Waals surface area contributed by atoms with Crippen LogP contribution in [0.25, 0.3) is 10.8 Å². The fourth-order valence-corrected chi connectivity index (χ4v) is 2.51. The molecule has 3 aromatic rings. The van der Waals surface area contributed by atoms with Crippen LogP contribution in [0.4, 0.5) is 0 Å². The highest BCUT2D eigenvalue weighted by Gasteiger charge is 2.12. The van der Waals surface area contributed by atoms with Crippen molar-refractivity contribution < 1.29 is 4.79 Å². The second-order valence-corrected chi connectivity index (χ2v) is 5.17. The predicted octanol–water partition coefficient (Wildman–Crippen LogP) is 4.69. The molecule has 0 saturated heterocycles. The Hall–Kier alpha value is -2.41. The lowest BCUT2D eigenvalue weighted by molar-refractivity contribution is 0.104. The van der Waals surface area contributed by atoms with Crippen LogP contribution in [-0.2, 0) is 0 Å². The maximum absolute atomic E-state index is 12.7. The Morgan fingerprint density at radius 2 is 1.40 bits per heavy atom. The van der Waals surface area contributed by atoms with E-state index >= 15 is 0 Å². The van der Waals surface area contributed by atoms with Crippen LogP contribution in [0.5, 0.6) is 0 Å². The van der Waals surface area contributed by atoms with Gasteiger partial charge in [0, 0.05) is 11.1 Å². The van der Waals surface area contributed by atoms with E-state index in [9.17, 15) is 4.79 Å². The molecule has 0 aliphatic rings. The molecule has 0 N–H and O–H groups in total. The van der Waals surface area contributed by atoms with E-state index in [1.54, 1.807) is 0 Å². The van der Waals surface area contributed by atoms with Gasteiger partial charge in [0.2, 0.25) is 0 Å². The molecule has 0 bridgehead atoms. The minimum atomic E-state index is 0.0844. The van der Waals surface area contributed by atoms with Crippen LogP contribution in [0.15, 0.2) is 60.7 Å². The lowest BCUT2D eigenvalue weighted by Gasteiger charge is -2.08. The van der Waals surface area contributed by atoms with E-state index in [1.165, 1.54) is 5.56 Å². The van der Waals surface area contributed by atoms with E-state index in [-0.39, 0.29) is 5.78 Å². The molecule has 0 heterocycles. The van der Waals surface area contributed by atoms with Crippen LogP contribution in [0, 0.1) is 13.8 Å². The van der Waals surface area contributed by atoms with Gasteiger partial charge in [0.15, 0.2) is 5.78 Å². The molecule has 3 aromatic carbocycles. The van der Waals surface area contributed by atoms with Gasteiger partial charge >= 0.3 is 0 Å². The summed E-state index contributed by atoms with van der Waals surface area (Å²) in [5.41, 5.74) is 3.87. The molecule has 0 amide bonds. The maximum atomic E-state index is 12.7. The van der Waals surface area contributed by atoms with E-state index in [0.29, 0.717) is 0 Å². The Labute approximate surface area is 118 Å². The first-order chi connectivity index (χ1) is 9.66. The zero-order chi connectivity index (χ0) is 14.1. The molecule has 0 radical (unpaired) electrons. The summed E-state index contributed by atoms with van der Waals surface area (Å²) in [5, 5.41) is 2.17. The zero-order valence-corrected chi connectivity index (χ0v) is 11.7. The molecular weight excluding hydrogens is 244 g/mol. The molecule has 0 unspecified atom stereocenters. The summed E-state index contributed by atoms with van der Waals surface area (Å²) < 4.78 is 0. The highest BCUT2D eigenvalue weighted by Crippen LogP contribution is 2.24. The number of hydrogen-bond donors (Lipinski definition) is 0. The molecule has 0 saturated carbocycles.